The van der Waals surface area contributed by atoms with Crippen molar-refractivity contribution in [3.05, 3.63) is 64.9 Å². The van der Waals surface area contributed by atoms with E-state index in [0.717, 1.165) is 28.4 Å². The number of H-pyrrole nitrogens is 1. The van der Waals surface area contributed by atoms with Crippen molar-refractivity contribution in [2.24, 2.45) is 5.92 Å². The second-order valence-electron chi connectivity index (χ2n) is 10.4. The Bertz CT molecular complexity index is 1210. The molecular weight excluding hydrogens is 439 g/mol. The average Bonchev–Trinajstić information content (AvgIpc) is 3.39. The van der Waals surface area contributed by atoms with Gasteiger partial charge >= 0.3 is 0 Å². The Hall–Kier alpha value is -2.80. The normalized spacial score (nSPS) is 23.5. The number of halogens is 3. The van der Waals surface area contributed by atoms with E-state index in [0.29, 0.717) is 31.6 Å². The van der Waals surface area contributed by atoms with Gasteiger partial charge in [-0.1, -0.05) is 18.2 Å². The molecule has 4 nitrogen and oxygen atoms in total. The first-order valence-electron chi connectivity index (χ1n) is 11.9. The standard InChI is InChI=1S/C27H30F3N3O/c1-16-10-20-19-6-4-5-7-23(19)31-25(20)26(33(16)15-27(2,3)30)24-21(28)11-18(12-22(24)29)32-9-8-17(13-32)14-34/h4-7,11-12,14,16-17,26,31H,8-10,13,15H2,1-3H3/t16-,17?,26-/m1/s1. The van der Waals surface area contributed by atoms with E-state index in [1.165, 1.54) is 26.0 Å². The molecule has 180 valence electrons. The number of fused-ring (bicyclic) bond motifs is 3. The zero-order chi connectivity index (χ0) is 24.2. The van der Waals surface area contributed by atoms with Crippen LogP contribution in [-0.4, -0.2) is 47.5 Å². The molecule has 2 aromatic carbocycles. The number of benzene rings is 2. The van der Waals surface area contributed by atoms with Crippen LogP contribution < -0.4 is 4.90 Å². The number of carbonyl (C=O) groups excluding carboxylic acids is 1. The summed E-state index contributed by atoms with van der Waals surface area (Å²) in [6.45, 7) is 6.04. The van der Waals surface area contributed by atoms with Gasteiger partial charge in [0.2, 0.25) is 0 Å². The number of para-hydroxylation sites is 1. The summed E-state index contributed by atoms with van der Waals surface area (Å²) in [5.41, 5.74) is 1.47. The van der Waals surface area contributed by atoms with Crippen LogP contribution in [0.2, 0.25) is 0 Å². The van der Waals surface area contributed by atoms with Crippen LogP contribution in [0.1, 0.15) is 50.1 Å². The van der Waals surface area contributed by atoms with Gasteiger partial charge in [-0.3, -0.25) is 4.90 Å². The fourth-order valence-corrected chi connectivity index (χ4v) is 5.65. The smallest absolute Gasteiger partial charge is 0.133 e. The topological polar surface area (TPSA) is 39.3 Å². The number of aromatic nitrogens is 1. The Balaban J connectivity index is 1.64. The van der Waals surface area contributed by atoms with Crippen molar-refractivity contribution in [2.45, 2.75) is 51.4 Å². The largest absolute Gasteiger partial charge is 0.371 e. The van der Waals surface area contributed by atoms with Crippen molar-refractivity contribution < 1.29 is 18.0 Å². The molecule has 7 heteroatoms. The highest BCUT2D eigenvalue weighted by molar-refractivity contribution is 5.85. The highest BCUT2D eigenvalue weighted by Crippen LogP contribution is 2.44. The van der Waals surface area contributed by atoms with Gasteiger partial charge in [-0.25, -0.2) is 13.2 Å². The predicted molar refractivity (Wildman–Crippen MR) is 128 cm³/mol. The highest BCUT2D eigenvalue weighted by atomic mass is 19.1. The lowest BCUT2D eigenvalue weighted by molar-refractivity contribution is -0.110. The van der Waals surface area contributed by atoms with E-state index in [-0.39, 0.29) is 24.1 Å². The maximum Gasteiger partial charge on any atom is 0.133 e. The number of hydrogen-bond donors (Lipinski definition) is 1. The third kappa shape index (κ3) is 4.00. The molecule has 1 N–H and O–H groups in total. The van der Waals surface area contributed by atoms with Crippen molar-refractivity contribution in [1.29, 1.82) is 0 Å². The van der Waals surface area contributed by atoms with Gasteiger partial charge in [-0.15, -0.1) is 0 Å². The summed E-state index contributed by atoms with van der Waals surface area (Å²) in [6, 6.07) is 9.64. The van der Waals surface area contributed by atoms with E-state index in [9.17, 15) is 9.18 Å². The first-order valence-corrected chi connectivity index (χ1v) is 11.9. The zero-order valence-corrected chi connectivity index (χ0v) is 19.7. The lowest BCUT2D eigenvalue weighted by atomic mass is 9.87. The molecule has 0 bridgehead atoms. The second-order valence-corrected chi connectivity index (χ2v) is 10.4. The quantitative estimate of drug-likeness (QED) is 0.498. The number of aromatic amines is 1. The van der Waals surface area contributed by atoms with Crippen LogP contribution in [0.3, 0.4) is 0 Å². The van der Waals surface area contributed by atoms with Crippen molar-refractivity contribution in [2.75, 3.05) is 24.5 Å². The van der Waals surface area contributed by atoms with E-state index in [1.54, 1.807) is 0 Å². The Labute approximate surface area is 197 Å². The van der Waals surface area contributed by atoms with E-state index in [2.05, 4.69) is 4.98 Å². The van der Waals surface area contributed by atoms with Crippen LogP contribution in [0, 0.1) is 17.6 Å². The Morgan fingerprint density at radius 1 is 1.18 bits per heavy atom. The van der Waals surface area contributed by atoms with Crippen LogP contribution in [-0.2, 0) is 11.2 Å². The van der Waals surface area contributed by atoms with Crippen LogP contribution in [0.15, 0.2) is 36.4 Å². The molecule has 3 heterocycles. The molecule has 0 radical (unpaired) electrons. The predicted octanol–water partition coefficient (Wildman–Crippen LogP) is 5.56. The van der Waals surface area contributed by atoms with E-state index >= 15 is 8.78 Å². The minimum absolute atomic E-state index is 0.0431. The Kier molecular flexibility index (Phi) is 5.71. The summed E-state index contributed by atoms with van der Waals surface area (Å²) >= 11 is 0. The highest BCUT2D eigenvalue weighted by Gasteiger charge is 2.41. The molecule has 1 unspecified atom stereocenters. The van der Waals surface area contributed by atoms with Gasteiger partial charge in [0.25, 0.3) is 0 Å². The van der Waals surface area contributed by atoms with Crippen molar-refractivity contribution >= 4 is 22.9 Å². The first-order chi connectivity index (χ1) is 16.2. The molecule has 3 atom stereocenters. The molecule has 1 saturated heterocycles. The van der Waals surface area contributed by atoms with Gasteiger partial charge in [-0.05, 0) is 57.4 Å². The average molecular weight is 470 g/mol. The van der Waals surface area contributed by atoms with Gasteiger partial charge < -0.3 is 14.7 Å². The van der Waals surface area contributed by atoms with E-state index in [4.69, 9.17) is 0 Å². The third-order valence-electron chi connectivity index (χ3n) is 7.20. The fraction of sp³-hybridized carbons (Fsp3) is 0.444. The third-order valence-corrected chi connectivity index (χ3v) is 7.20. The summed E-state index contributed by atoms with van der Waals surface area (Å²) in [7, 11) is 0. The molecule has 0 amide bonds. The number of alkyl halides is 1. The van der Waals surface area contributed by atoms with E-state index < -0.39 is 23.3 Å². The van der Waals surface area contributed by atoms with Gasteiger partial charge in [0.1, 0.15) is 23.6 Å². The molecule has 2 aliphatic heterocycles. The van der Waals surface area contributed by atoms with Gasteiger partial charge in [0.05, 0.1) is 6.04 Å². The first kappa shape index (κ1) is 23.0. The Morgan fingerprint density at radius 3 is 2.53 bits per heavy atom. The lowest BCUT2D eigenvalue weighted by Crippen LogP contribution is -2.48. The molecule has 0 aliphatic carbocycles. The summed E-state index contributed by atoms with van der Waals surface area (Å²) in [5, 5.41) is 1.03. The van der Waals surface area contributed by atoms with Crippen molar-refractivity contribution in [3.63, 3.8) is 0 Å². The van der Waals surface area contributed by atoms with Gasteiger partial charge in [-0.2, -0.15) is 0 Å². The summed E-state index contributed by atoms with van der Waals surface area (Å²) in [5.74, 6) is -1.44. The molecule has 1 aromatic heterocycles. The van der Waals surface area contributed by atoms with Crippen LogP contribution >= 0.6 is 0 Å². The molecule has 0 spiro atoms. The van der Waals surface area contributed by atoms with Gasteiger partial charge in [0, 0.05) is 59.4 Å². The number of hydrogen-bond acceptors (Lipinski definition) is 3. The van der Waals surface area contributed by atoms with Crippen molar-refractivity contribution in [3.8, 4) is 0 Å². The number of nitrogens with zero attached hydrogens (tertiary/aromatic N) is 2. The number of carbonyl (C=O) groups is 1. The van der Waals surface area contributed by atoms with Crippen LogP contribution in [0.4, 0.5) is 18.9 Å². The molecule has 1 fully saturated rings. The van der Waals surface area contributed by atoms with Crippen LogP contribution in [0.5, 0.6) is 0 Å². The molecule has 34 heavy (non-hydrogen) atoms. The molecular formula is C27H30F3N3O. The van der Waals surface area contributed by atoms with Gasteiger partial charge in [0.15, 0.2) is 0 Å². The summed E-state index contributed by atoms with van der Waals surface area (Å²) in [4.78, 5) is 18.2. The number of anilines is 1. The number of aldehydes is 1. The zero-order valence-electron chi connectivity index (χ0n) is 19.7. The summed E-state index contributed by atoms with van der Waals surface area (Å²) < 4.78 is 46.4. The number of nitrogens with one attached hydrogen (secondary N) is 1. The molecule has 0 saturated carbocycles. The minimum atomic E-state index is -1.54. The fourth-order valence-electron chi connectivity index (χ4n) is 5.65. The van der Waals surface area contributed by atoms with Crippen molar-refractivity contribution in [1.82, 2.24) is 9.88 Å². The molecule has 5 rings (SSSR count). The lowest BCUT2D eigenvalue weighted by Gasteiger charge is -2.43. The maximum atomic E-state index is 15.7. The number of rotatable bonds is 5. The molecule has 3 aromatic rings. The second kappa shape index (κ2) is 8.45. The minimum Gasteiger partial charge on any atom is -0.371 e. The SMILES string of the molecule is C[C@@H]1Cc2c([nH]c3ccccc23)[C@@H](c2c(F)cc(N3CCC(C=O)C3)cc2F)N1CC(C)(C)F. The van der Waals surface area contributed by atoms with Crippen LogP contribution in [0.25, 0.3) is 10.9 Å². The Morgan fingerprint density at radius 2 is 1.88 bits per heavy atom. The summed E-state index contributed by atoms with van der Waals surface area (Å²) in [6.07, 6.45) is 2.24. The monoisotopic (exact) mass is 469 g/mol. The van der Waals surface area contributed by atoms with E-state index in [1.807, 2.05) is 41.0 Å². The maximum absolute atomic E-state index is 15.7. The molecule has 2 aliphatic rings.